The number of fused-ring (bicyclic) bond motifs is 1. The molecule has 1 aliphatic rings. The van der Waals surface area contributed by atoms with Crippen LogP contribution in [0.4, 0.5) is 10.5 Å². The predicted octanol–water partition coefficient (Wildman–Crippen LogP) is 3.92. The molecule has 0 saturated heterocycles. The molecule has 1 aliphatic heterocycles. The van der Waals surface area contributed by atoms with Gasteiger partial charge < -0.3 is 20.1 Å². The molecule has 29 heavy (non-hydrogen) atoms. The van der Waals surface area contributed by atoms with Crippen LogP contribution in [0.25, 0.3) is 0 Å². The molecule has 1 heterocycles. The average Bonchev–Trinajstić information content (AvgIpc) is 3.12. The monoisotopic (exact) mass is 458 g/mol. The molecule has 2 N–H and O–H groups in total. The van der Waals surface area contributed by atoms with Gasteiger partial charge in [0.2, 0.25) is 5.91 Å². The van der Waals surface area contributed by atoms with E-state index in [4.69, 9.17) is 15.2 Å². The third-order valence-electron chi connectivity index (χ3n) is 4.81. The first-order chi connectivity index (χ1) is 13.9. The number of rotatable bonds is 6. The minimum Gasteiger partial charge on any atom is -0.430 e. The fraction of sp³-hybridized carbons (Fsp3) is 0.273. The Balaban J connectivity index is 1.70. The van der Waals surface area contributed by atoms with Crippen molar-refractivity contribution in [2.75, 3.05) is 18.1 Å². The molecule has 0 fully saturated rings. The second-order valence-corrected chi connectivity index (χ2v) is 7.69. The van der Waals surface area contributed by atoms with Crippen molar-refractivity contribution >= 4 is 33.7 Å². The Morgan fingerprint density at radius 3 is 2.83 bits per heavy atom. The number of benzene rings is 2. The Kier molecular flexibility index (Phi) is 6.71. The molecule has 0 aliphatic carbocycles. The van der Waals surface area contributed by atoms with E-state index in [1.54, 1.807) is 17.0 Å². The Bertz CT molecular complexity index is 921. The molecule has 0 spiro atoms. The first-order valence-electron chi connectivity index (χ1n) is 9.30. The number of carbonyl (C=O) groups is 2. The summed E-state index contributed by atoms with van der Waals surface area (Å²) in [5.41, 5.74) is 10.1. The topological polar surface area (TPSA) is 81.9 Å². The van der Waals surface area contributed by atoms with Gasteiger partial charge in [-0.25, -0.2) is 4.79 Å². The Hall–Kier alpha value is -2.64. The van der Waals surface area contributed by atoms with Crippen LogP contribution in [0.3, 0.4) is 0 Å². The minimum atomic E-state index is -0.802. The summed E-state index contributed by atoms with van der Waals surface area (Å²) >= 11 is 3.50. The van der Waals surface area contributed by atoms with Crippen LogP contribution < -0.4 is 15.4 Å². The van der Waals surface area contributed by atoms with Gasteiger partial charge in [0.1, 0.15) is 12.4 Å². The lowest BCUT2D eigenvalue weighted by molar-refractivity contribution is -0.119. The van der Waals surface area contributed by atoms with Crippen molar-refractivity contribution in [2.24, 2.45) is 5.73 Å². The fourth-order valence-electron chi connectivity index (χ4n) is 3.39. The molecular formula is C22H23BrN2O4. The summed E-state index contributed by atoms with van der Waals surface area (Å²) in [4.78, 5) is 26.3. The van der Waals surface area contributed by atoms with Gasteiger partial charge in [-0.1, -0.05) is 46.8 Å². The number of hydrogen-bond acceptors (Lipinski definition) is 5. The summed E-state index contributed by atoms with van der Waals surface area (Å²) in [5, 5.41) is 0. The van der Waals surface area contributed by atoms with Crippen LogP contribution in [-0.4, -0.2) is 31.3 Å². The van der Waals surface area contributed by atoms with Crippen LogP contribution >= 0.6 is 15.9 Å². The summed E-state index contributed by atoms with van der Waals surface area (Å²) in [6.45, 7) is 6.08. The van der Waals surface area contributed by atoms with E-state index in [1.165, 1.54) is 6.08 Å². The normalized spacial score (nSPS) is 13.6. The highest BCUT2D eigenvalue weighted by atomic mass is 79.9. The zero-order valence-electron chi connectivity index (χ0n) is 16.2. The number of anilines is 1. The quantitative estimate of drug-likeness (QED) is 0.403. The number of nitrogens with zero attached hydrogens (tertiary/aromatic N) is 1. The molecular weight excluding hydrogens is 436 g/mol. The SMILES string of the molecule is C=CCOC(=O)Oc1cc(C)c(CC(N)C(=O)N2CCc3ccccc32)c(Br)c1. The van der Waals surface area contributed by atoms with Gasteiger partial charge >= 0.3 is 6.16 Å². The molecule has 0 radical (unpaired) electrons. The molecule has 1 amide bonds. The van der Waals surface area contributed by atoms with Gasteiger partial charge in [0.05, 0.1) is 6.04 Å². The lowest BCUT2D eigenvalue weighted by Crippen LogP contribution is -2.44. The van der Waals surface area contributed by atoms with Gasteiger partial charge in [-0.15, -0.1) is 0 Å². The number of para-hydroxylation sites is 1. The lowest BCUT2D eigenvalue weighted by Gasteiger charge is -2.22. The van der Waals surface area contributed by atoms with Crippen molar-refractivity contribution in [1.29, 1.82) is 0 Å². The van der Waals surface area contributed by atoms with Gasteiger partial charge in [0, 0.05) is 16.7 Å². The van der Waals surface area contributed by atoms with E-state index in [0.717, 1.165) is 28.8 Å². The summed E-state index contributed by atoms with van der Waals surface area (Å²) in [7, 11) is 0. The Labute approximate surface area is 178 Å². The maximum atomic E-state index is 12.9. The molecule has 2 aromatic rings. The summed E-state index contributed by atoms with van der Waals surface area (Å²) in [5.74, 6) is 0.245. The van der Waals surface area contributed by atoms with Crippen LogP contribution in [0, 0.1) is 6.92 Å². The zero-order chi connectivity index (χ0) is 21.0. The van der Waals surface area contributed by atoms with Crippen molar-refractivity contribution in [3.63, 3.8) is 0 Å². The van der Waals surface area contributed by atoms with E-state index in [0.29, 0.717) is 23.2 Å². The molecule has 3 rings (SSSR count). The highest BCUT2D eigenvalue weighted by molar-refractivity contribution is 9.10. The zero-order valence-corrected chi connectivity index (χ0v) is 17.8. The number of amides is 1. The van der Waals surface area contributed by atoms with Crippen LogP contribution in [0.1, 0.15) is 16.7 Å². The maximum absolute atomic E-state index is 12.9. The number of aryl methyl sites for hydroxylation is 1. The summed E-state index contributed by atoms with van der Waals surface area (Å²) < 4.78 is 10.7. The first-order valence-corrected chi connectivity index (χ1v) is 10.1. The predicted molar refractivity (Wildman–Crippen MR) is 115 cm³/mol. The third kappa shape index (κ3) is 4.86. The summed E-state index contributed by atoms with van der Waals surface area (Å²) in [6, 6.07) is 10.6. The number of hydrogen-bond donors (Lipinski definition) is 1. The van der Waals surface area contributed by atoms with Gasteiger partial charge in [-0.3, -0.25) is 4.79 Å². The molecule has 6 nitrogen and oxygen atoms in total. The van der Waals surface area contributed by atoms with Crippen molar-refractivity contribution < 1.29 is 19.1 Å². The van der Waals surface area contributed by atoms with Crippen LogP contribution in [0.2, 0.25) is 0 Å². The van der Waals surface area contributed by atoms with E-state index in [9.17, 15) is 9.59 Å². The van der Waals surface area contributed by atoms with E-state index < -0.39 is 12.2 Å². The molecule has 0 aromatic heterocycles. The van der Waals surface area contributed by atoms with Crippen molar-refractivity contribution in [3.05, 3.63) is 70.2 Å². The van der Waals surface area contributed by atoms with E-state index in [2.05, 4.69) is 22.5 Å². The highest BCUT2D eigenvalue weighted by Crippen LogP contribution is 2.30. The largest absolute Gasteiger partial charge is 0.514 e. The smallest absolute Gasteiger partial charge is 0.430 e. The molecule has 0 saturated carbocycles. The number of halogens is 1. The fourth-order valence-corrected chi connectivity index (χ4v) is 4.09. The Morgan fingerprint density at radius 1 is 1.34 bits per heavy atom. The molecule has 1 unspecified atom stereocenters. The van der Waals surface area contributed by atoms with E-state index in [1.807, 2.05) is 31.2 Å². The molecule has 0 bridgehead atoms. The van der Waals surface area contributed by atoms with Gasteiger partial charge in [-0.2, -0.15) is 0 Å². The number of carbonyl (C=O) groups excluding carboxylic acids is 2. The highest BCUT2D eigenvalue weighted by Gasteiger charge is 2.28. The maximum Gasteiger partial charge on any atom is 0.514 e. The minimum absolute atomic E-state index is 0.0770. The van der Waals surface area contributed by atoms with Crippen molar-refractivity contribution in [3.8, 4) is 5.75 Å². The van der Waals surface area contributed by atoms with Gasteiger partial charge in [-0.05, 0) is 54.7 Å². The second-order valence-electron chi connectivity index (χ2n) is 6.83. The summed E-state index contributed by atoms with van der Waals surface area (Å²) in [6.07, 6.45) is 1.86. The van der Waals surface area contributed by atoms with Crippen molar-refractivity contribution in [1.82, 2.24) is 0 Å². The van der Waals surface area contributed by atoms with Crippen LogP contribution in [0.5, 0.6) is 5.75 Å². The number of nitrogens with two attached hydrogens (primary N) is 1. The standard InChI is InChI=1S/C22H23BrN2O4/c1-3-10-28-22(27)29-16-11-14(2)17(18(23)12-16)13-19(24)21(26)25-9-8-15-6-4-5-7-20(15)25/h3-7,11-12,19H,1,8-10,13,24H2,2H3. The third-order valence-corrected chi connectivity index (χ3v) is 5.51. The molecule has 152 valence electrons. The molecule has 1 atom stereocenters. The lowest BCUT2D eigenvalue weighted by atomic mass is 10.0. The van der Waals surface area contributed by atoms with Gasteiger partial charge in [0.15, 0.2) is 0 Å². The number of ether oxygens (including phenoxy) is 2. The molecule has 2 aromatic carbocycles. The van der Waals surface area contributed by atoms with Crippen LogP contribution in [0.15, 0.2) is 53.5 Å². The Morgan fingerprint density at radius 2 is 2.10 bits per heavy atom. The van der Waals surface area contributed by atoms with Crippen LogP contribution in [-0.2, 0) is 22.4 Å². The van der Waals surface area contributed by atoms with E-state index >= 15 is 0 Å². The average molecular weight is 459 g/mol. The van der Waals surface area contributed by atoms with E-state index in [-0.39, 0.29) is 12.5 Å². The second kappa shape index (κ2) is 9.24. The molecule has 7 heteroatoms. The van der Waals surface area contributed by atoms with Gasteiger partial charge in [0.25, 0.3) is 0 Å². The first kappa shape index (κ1) is 21.1. The van der Waals surface area contributed by atoms with Crippen molar-refractivity contribution in [2.45, 2.75) is 25.8 Å².